The van der Waals surface area contributed by atoms with E-state index in [1.165, 1.54) is 28.8 Å². The minimum Gasteiger partial charge on any atom is -0.410 e. The molecule has 0 spiro atoms. The normalized spacial score (nSPS) is 33.8. The van der Waals surface area contributed by atoms with E-state index < -0.39 is 16.6 Å². The van der Waals surface area contributed by atoms with Crippen molar-refractivity contribution in [2.24, 2.45) is 22.7 Å². The molecule has 0 amide bonds. The lowest BCUT2D eigenvalue weighted by molar-refractivity contribution is -0.0630. The highest BCUT2D eigenvalue weighted by Crippen LogP contribution is 2.60. The second kappa shape index (κ2) is 12.2. The third-order valence-electron chi connectivity index (χ3n) is 12.8. The minimum absolute atomic E-state index is 0.0596. The van der Waals surface area contributed by atoms with E-state index in [0.29, 0.717) is 17.0 Å². The molecule has 3 aliphatic carbocycles. The molecule has 2 fully saturated rings. The molecule has 2 saturated carbocycles. The van der Waals surface area contributed by atoms with Crippen LogP contribution in [-0.2, 0) is 8.85 Å². The van der Waals surface area contributed by atoms with Crippen LogP contribution >= 0.6 is 0 Å². The van der Waals surface area contributed by atoms with Gasteiger partial charge in [-0.3, -0.25) is 0 Å². The predicted molar refractivity (Wildman–Crippen MR) is 173 cm³/mol. The van der Waals surface area contributed by atoms with Crippen LogP contribution in [0, 0.1) is 22.7 Å². The van der Waals surface area contributed by atoms with Crippen molar-refractivity contribution in [2.45, 2.75) is 169 Å². The zero-order chi connectivity index (χ0) is 29.6. The predicted octanol–water partition coefficient (Wildman–Crippen LogP) is 10.0. The molecule has 3 aliphatic rings. The van der Waals surface area contributed by atoms with E-state index in [2.05, 4.69) is 83.1 Å². The van der Waals surface area contributed by atoms with Crippen molar-refractivity contribution in [1.82, 2.24) is 0 Å². The Balaban J connectivity index is 2.01. The van der Waals surface area contributed by atoms with Crippen molar-refractivity contribution in [3.05, 3.63) is 23.3 Å². The van der Waals surface area contributed by atoms with Crippen LogP contribution < -0.4 is 0 Å². The van der Waals surface area contributed by atoms with Gasteiger partial charge in [0.05, 0.1) is 18.3 Å². The first-order valence-electron chi connectivity index (χ1n) is 16.5. The summed E-state index contributed by atoms with van der Waals surface area (Å²) in [5, 5.41) is 12.0. The molecule has 0 aromatic heterocycles. The van der Waals surface area contributed by atoms with Crippen LogP contribution in [0.4, 0.5) is 0 Å². The minimum atomic E-state index is -1.84. The first-order valence-corrected chi connectivity index (χ1v) is 21.3. The summed E-state index contributed by atoms with van der Waals surface area (Å²) in [6.45, 7) is 33.2. The first kappa shape index (κ1) is 33.3. The van der Waals surface area contributed by atoms with Gasteiger partial charge in [-0.25, -0.2) is 0 Å². The van der Waals surface area contributed by atoms with Crippen LogP contribution in [-0.4, -0.2) is 40.1 Å². The summed E-state index contributed by atoms with van der Waals surface area (Å²) in [6.07, 6.45) is 4.93. The fourth-order valence-corrected chi connectivity index (χ4v) is 16.2. The monoisotopic (exact) mass is 576 g/mol. The van der Waals surface area contributed by atoms with Crippen LogP contribution in [0.3, 0.4) is 0 Å². The van der Waals surface area contributed by atoms with Gasteiger partial charge in [0.25, 0.3) is 0 Å². The van der Waals surface area contributed by atoms with E-state index in [9.17, 15) is 5.11 Å². The van der Waals surface area contributed by atoms with E-state index in [4.69, 9.17) is 15.4 Å². The van der Waals surface area contributed by atoms with Crippen molar-refractivity contribution in [3.63, 3.8) is 0 Å². The maximum atomic E-state index is 12.0. The molecule has 0 radical (unpaired) electrons. The second-order valence-electron chi connectivity index (χ2n) is 15.0. The van der Waals surface area contributed by atoms with Gasteiger partial charge in [0.1, 0.15) is 0 Å². The molecule has 1 N–H and O–H groups in total. The van der Waals surface area contributed by atoms with Gasteiger partial charge in [-0.05, 0) is 103 Å². The number of hydrogen-bond donors (Lipinski definition) is 1. The van der Waals surface area contributed by atoms with Gasteiger partial charge >= 0.3 is 0 Å². The van der Waals surface area contributed by atoms with Gasteiger partial charge in [-0.2, -0.15) is 0 Å². The first-order chi connectivity index (χ1) is 18.1. The Morgan fingerprint density at radius 1 is 0.872 bits per heavy atom. The van der Waals surface area contributed by atoms with Gasteiger partial charge in [-0.15, -0.1) is 0 Å². The molecule has 0 heterocycles. The van der Waals surface area contributed by atoms with E-state index in [0.717, 1.165) is 44.2 Å². The zero-order valence-corrected chi connectivity index (χ0v) is 29.9. The molecular weight excluding hydrogens is 513 g/mol. The maximum absolute atomic E-state index is 12.0. The van der Waals surface area contributed by atoms with Gasteiger partial charge in [-0.1, -0.05) is 88.3 Å². The number of aliphatic hydroxyl groups is 1. The Bertz CT molecular complexity index is 898. The Hall–Kier alpha value is -0.206. The number of hydrogen-bond acceptors (Lipinski definition) is 3. The third-order valence-corrected chi connectivity index (χ3v) is 23.3. The highest BCUT2D eigenvalue weighted by Gasteiger charge is 2.55. The van der Waals surface area contributed by atoms with Crippen molar-refractivity contribution in [2.75, 3.05) is 0 Å². The van der Waals surface area contributed by atoms with Crippen molar-refractivity contribution in [1.29, 1.82) is 0 Å². The summed E-state index contributed by atoms with van der Waals surface area (Å²) < 4.78 is 14.5. The average molecular weight is 577 g/mol. The van der Waals surface area contributed by atoms with Gasteiger partial charge < -0.3 is 14.0 Å². The summed E-state index contributed by atoms with van der Waals surface area (Å²) in [5.74, 6) is 0.804. The smallest absolute Gasteiger partial charge is 0.195 e. The molecule has 0 aromatic rings. The molecule has 0 aliphatic heterocycles. The summed E-state index contributed by atoms with van der Waals surface area (Å²) in [7, 11) is -3.68. The Morgan fingerprint density at radius 2 is 1.36 bits per heavy atom. The van der Waals surface area contributed by atoms with Crippen molar-refractivity contribution in [3.8, 4) is 0 Å². The molecule has 0 saturated heterocycles. The fourth-order valence-electron chi connectivity index (χ4n) is 9.05. The summed E-state index contributed by atoms with van der Waals surface area (Å²) in [5.41, 5.74) is 5.30. The summed E-state index contributed by atoms with van der Waals surface area (Å²) in [6, 6.07) is 4.66. The van der Waals surface area contributed by atoms with Crippen LogP contribution in [0.1, 0.15) is 115 Å². The zero-order valence-electron chi connectivity index (χ0n) is 27.9. The fraction of sp³-hybridized carbons (Fsp3) is 0.882. The molecular formula is C34H64O3Si2. The van der Waals surface area contributed by atoms with E-state index in [1.807, 2.05) is 0 Å². The Kier molecular flexibility index (Phi) is 10.4. The summed E-state index contributed by atoms with van der Waals surface area (Å²) in [4.78, 5) is 0. The lowest BCUT2D eigenvalue weighted by atomic mass is 9.51. The van der Waals surface area contributed by atoms with E-state index in [1.54, 1.807) is 0 Å². The molecule has 0 aromatic carbocycles. The van der Waals surface area contributed by atoms with Crippen LogP contribution in [0.5, 0.6) is 0 Å². The van der Waals surface area contributed by atoms with Crippen molar-refractivity contribution < 1.29 is 14.0 Å². The molecule has 3 rings (SSSR count). The summed E-state index contributed by atoms with van der Waals surface area (Å²) >= 11 is 0. The maximum Gasteiger partial charge on any atom is 0.195 e. The molecule has 226 valence electrons. The lowest BCUT2D eigenvalue weighted by Gasteiger charge is -2.57. The van der Waals surface area contributed by atoms with Crippen molar-refractivity contribution >= 4 is 16.6 Å². The van der Waals surface area contributed by atoms with Gasteiger partial charge in [0.15, 0.2) is 16.6 Å². The highest BCUT2D eigenvalue weighted by molar-refractivity contribution is 6.75. The average Bonchev–Trinajstić information content (AvgIpc) is 2.88. The number of fused-ring (bicyclic) bond motifs is 3. The second-order valence-corrected chi connectivity index (χ2v) is 24.9. The molecule has 2 bridgehead atoms. The molecule has 39 heavy (non-hydrogen) atoms. The Labute approximate surface area is 244 Å². The van der Waals surface area contributed by atoms with Gasteiger partial charge in [0.2, 0.25) is 0 Å². The SMILES string of the molecule is C=C1[C@@H](O[Si](CC)(CC)C(C)C)CC[C@]2(C)[C@@H]1C[C@@H]1C[C@H](O[Si](CC)(CC)C(C)C)C(C)=C(C[C@@H]2O)C1(C)C. The lowest BCUT2D eigenvalue weighted by Crippen LogP contribution is -2.54. The van der Waals surface area contributed by atoms with E-state index in [-0.39, 0.29) is 35.1 Å². The van der Waals surface area contributed by atoms with Crippen LogP contribution in [0.2, 0.25) is 35.3 Å². The third kappa shape index (κ3) is 5.75. The molecule has 5 heteroatoms. The largest absolute Gasteiger partial charge is 0.410 e. The van der Waals surface area contributed by atoms with Crippen LogP contribution in [0.25, 0.3) is 0 Å². The van der Waals surface area contributed by atoms with E-state index >= 15 is 0 Å². The molecule has 6 atom stereocenters. The highest BCUT2D eigenvalue weighted by atomic mass is 28.4. The molecule has 3 nitrogen and oxygen atoms in total. The van der Waals surface area contributed by atoms with Gasteiger partial charge in [0, 0.05) is 5.41 Å². The number of rotatable bonds is 10. The topological polar surface area (TPSA) is 38.7 Å². The standard InChI is InChI=1S/C34H64O3Si2/c1-14-38(15-2,23(5)6)36-30-18-19-34(13)29(26(30)10)20-27-21-31(37-39(16-3,17-4)24(7)8)25(9)28(22-32(34)35)33(27,11)12/h23-24,27,29-32,35H,10,14-22H2,1-9,11-13H3/t27-,29-,30+,31+,32+,34-/m1/s1. The Morgan fingerprint density at radius 3 is 1.82 bits per heavy atom. The number of aliphatic hydroxyl groups excluding tert-OH is 1. The van der Waals surface area contributed by atoms with Crippen LogP contribution in [0.15, 0.2) is 23.3 Å². The molecule has 0 unspecified atom stereocenters. The quantitative estimate of drug-likeness (QED) is 0.208.